The summed E-state index contributed by atoms with van der Waals surface area (Å²) >= 11 is 0. The predicted molar refractivity (Wildman–Crippen MR) is 73.4 cm³/mol. The third kappa shape index (κ3) is 3.34. The van der Waals surface area contributed by atoms with Crippen molar-refractivity contribution in [3.8, 4) is 0 Å². The first kappa shape index (κ1) is 14.5. The fourth-order valence-electron chi connectivity index (χ4n) is 2.46. The van der Waals surface area contributed by atoms with Crippen molar-refractivity contribution in [1.29, 1.82) is 0 Å². The van der Waals surface area contributed by atoms with Crippen molar-refractivity contribution in [1.82, 2.24) is 19.6 Å². The molecule has 1 fully saturated rings. The van der Waals surface area contributed by atoms with E-state index in [1.807, 2.05) is 7.05 Å². The van der Waals surface area contributed by atoms with E-state index < -0.39 is 10.0 Å². The van der Waals surface area contributed by atoms with E-state index >= 15 is 0 Å². The number of aryl methyl sites for hydroxylation is 1. The van der Waals surface area contributed by atoms with Gasteiger partial charge in [0.05, 0.1) is 6.20 Å². The molecule has 1 aliphatic heterocycles. The van der Waals surface area contributed by atoms with E-state index in [2.05, 4.69) is 15.3 Å². The summed E-state index contributed by atoms with van der Waals surface area (Å²) in [6.07, 6.45) is 4.40. The Hall–Kier alpha value is -0.920. The molecular weight excluding hydrogens is 264 g/mol. The Kier molecular flexibility index (Phi) is 4.59. The van der Waals surface area contributed by atoms with Crippen LogP contribution in [0.3, 0.4) is 0 Å². The van der Waals surface area contributed by atoms with E-state index in [4.69, 9.17) is 0 Å². The largest absolute Gasteiger partial charge is 0.332 e. The highest BCUT2D eigenvalue weighted by atomic mass is 32.2. The predicted octanol–water partition coefficient (Wildman–Crippen LogP) is 0.728. The molecule has 1 aliphatic rings. The maximum atomic E-state index is 12.4. The van der Waals surface area contributed by atoms with Gasteiger partial charge in [0.15, 0.2) is 5.03 Å². The number of nitrogens with one attached hydrogen (secondary N) is 2. The first-order valence-corrected chi connectivity index (χ1v) is 8.14. The van der Waals surface area contributed by atoms with Crippen molar-refractivity contribution in [3.05, 3.63) is 12.0 Å². The molecule has 2 N–H and O–H groups in total. The van der Waals surface area contributed by atoms with Crippen molar-refractivity contribution in [3.63, 3.8) is 0 Å². The van der Waals surface area contributed by atoms with Crippen molar-refractivity contribution < 1.29 is 8.42 Å². The lowest BCUT2D eigenvalue weighted by Crippen LogP contribution is -2.39. The second-order valence-corrected chi connectivity index (χ2v) is 6.98. The Bertz CT molecular complexity index is 504. The molecule has 0 radical (unpaired) electrons. The molecule has 2 rings (SSSR count). The summed E-state index contributed by atoms with van der Waals surface area (Å²) < 4.78 is 26.3. The number of nitrogens with zero attached hydrogens (tertiary/aromatic N) is 2. The molecule has 0 aliphatic carbocycles. The number of sulfonamides is 1. The molecule has 1 aromatic rings. The van der Waals surface area contributed by atoms with Crippen LogP contribution in [0, 0.1) is 12.8 Å². The molecule has 0 amide bonds. The Morgan fingerprint density at radius 1 is 1.47 bits per heavy atom. The highest BCUT2D eigenvalue weighted by Crippen LogP contribution is 2.24. The van der Waals surface area contributed by atoms with E-state index in [1.165, 1.54) is 6.20 Å². The molecule has 0 unspecified atom stereocenters. The van der Waals surface area contributed by atoms with Crippen molar-refractivity contribution in [2.45, 2.75) is 31.2 Å². The minimum absolute atomic E-state index is 0.207. The zero-order valence-corrected chi connectivity index (χ0v) is 12.3. The Labute approximate surface area is 114 Å². The molecule has 7 heteroatoms. The molecular formula is C12H22N4O2S. The van der Waals surface area contributed by atoms with E-state index in [-0.39, 0.29) is 5.03 Å². The normalized spacial score (nSPS) is 18.8. The van der Waals surface area contributed by atoms with E-state index in [0.717, 1.165) is 25.8 Å². The zero-order valence-electron chi connectivity index (χ0n) is 11.5. The summed E-state index contributed by atoms with van der Waals surface area (Å²) in [5.41, 5.74) is 0. The first-order chi connectivity index (χ1) is 9.04. The standard InChI is InChI=1S/C12H22N4O2S/c1-10-14-9-12(15-10)19(17,18)16-7-4-11(5-8-16)3-6-13-2/h9,11,13H,3-8H2,1-2H3,(H,14,15). The molecule has 1 saturated heterocycles. The SMILES string of the molecule is CNCCC1CCN(S(=O)(=O)c2cnc(C)[nH]2)CC1. The van der Waals surface area contributed by atoms with Crippen LogP contribution >= 0.6 is 0 Å². The van der Waals surface area contributed by atoms with Crippen LogP contribution in [-0.2, 0) is 10.0 Å². The quantitative estimate of drug-likeness (QED) is 0.836. The van der Waals surface area contributed by atoms with E-state index in [0.29, 0.717) is 24.8 Å². The average Bonchev–Trinajstić information content (AvgIpc) is 2.84. The number of rotatable bonds is 5. The van der Waals surface area contributed by atoms with Crippen LogP contribution in [-0.4, -0.2) is 49.4 Å². The summed E-state index contributed by atoms with van der Waals surface area (Å²) in [6.45, 7) is 3.96. The summed E-state index contributed by atoms with van der Waals surface area (Å²) in [5.74, 6) is 1.25. The monoisotopic (exact) mass is 286 g/mol. The van der Waals surface area contributed by atoms with Crippen molar-refractivity contribution in [2.75, 3.05) is 26.7 Å². The summed E-state index contributed by atoms with van der Waals surface area (Å²) in [5, 5.41) is 3.35. The van der Waals surface area contributed by atoms with E-state index in [9.17, 15) is 8.42 Å². The van der Waals surface area contributed by atoms with Gasteiger partial charge in [-0.25, -0.2) is 13.4 Å². The molecule has 0 aromatic carbocycles. The van der Waals surface area contributed by atoms with Crippen LogP contribution in [0.15, 0.2) is 11.2 Å². The highest BCUT2D eigenvalue weighted by molar-refractivity contribution is 7.89. The topological polar surface area (TPSA) is 78.1 Å². The lowest BCUT2D eigenvalue weighted by atomic mass is 9.95. The maximum Gasteiger partial charge on any atom is 0.260 e. The minimum atomic E-state index is -3.39. The number of hydrogen-bond donors (Lipinski definition) is 2. The third-order valence-electron chi connectivity index (χ3n) is 3.67. The maximum absolute atomic E-state index is 12.4. The van der Waals surface area contributed by atoms with Crippen molar-refractivity contribution in [2.24, 2.45) is 5.92 Å². The number of piperidine rings is 1. The fourth-order valence-corrected chi connectivity index (χ4v) is 3.89. The smallest absolute Gasteiger partial charge is 0.260 e. The molecule has 108 valence electrons. The molecule has 1 aromatic heterocycles. The van der Waals surface area contributed by atoms with Gasteiger partial charge in [0.2, 0.25) is 0 Å². The first-order valence-electron chi connectivity index (χ1n) is 6.70. The highest BCUT2D eigenvalue weighted by Gasteiger charge is 2.30. The summed E-state index contributed by atoms with van der Waals surface area (Å²) in [6, 6.07) is 0. The van der Waals surface area contributed by atoms with Crippen molar-refractivity contribution >= 4 is 10.0 Å². The van der Waals surface area contributed by atoms with Gasteiger partial charge in [-0.15, -0.1) is 0 Å². The number of imidazole rings is 1. The van der Waals surface area contributed by atoms with Crippen LogP contribution in [0.25, 0.3) is 0 Å². The second-order valence-electron chi connectivity index (χ2n) is 5.07. The van der Waals surface area contributed by atoms with Gasteiger partial charge < -0.3 is 10.3 Å². The molecule has 0 spiro atoms. The van der Waals surface area contributed by atoms with Gasteiger partial charge in [-0.1, -0.05) is 0 Å². The van der Waals surface area contributed by atoms with Crippen LogP contribution in [0.5, 0.6) is 0 Å². The number of H-pyrrole nitrogens is 1. The Morgan fingerprint density at radius 3 is 2.68 bits per heavy atom. The fraction of sp³-hybridized carbons (Fsp3) is 0.750. The Balaban J connectivity index is 1.97. The zero-order chi connectivity index (χ0) is 13.9. The minimum Gasteiger partial charge on any atom is -0.332 e. The average molecular weight is 286 g/mol. The van der Waals surface area contributed by atoms with Gasteiger partial charge in [0, 0.05) is 13.1 Å². The Morgan fingerprint density at radius 2 is 2.16 bits per heavy atom. The summed E-state index contributed by atoms with van der Waals surface area (Å²) in [7, 11) is -1.44. The van der Waals surface area contributed by atoms with Gasteiger partial charge >= 0.3 is 0 Å². The molecule has 0 bridgehead atoms. The van der Waals surface area contributed by atoms with Crippen LogP contribution < -0.4 is 5.32 Å². The van der Waals surface area contributed by atoms with Crippen LogP contribution in [0.1, 0.15) is 25.1 Å². The molecule has 19 heavy (non-hydrogen) atoms. The lowest BCUT2D eigenvalue weighted by molar-refractivity contribution is 0.262. The van der Waals surface area contributed by atoms with E-state index in [1.54, 1.807) is 11.2 Å². The van der Waals surface area contributed by atoms with Gasteiger partial charge in [-0.05, 0) is 45.7 Å². The number of aromatic amines is 1. The molecule has 0 saturated carbocycles. The van der Waals surface area contributed by atoms with Gasteiger partial charge in [-0.3, -0.25) is 0 Å². The number of aromatic nitrogens is 2. The van der Waals surface area contributed by atoms with Crippen LogP contribution in [0.4, 0.5) is 0 Å². The van der Waals surface area contributed by atoms with Crippen LogP contribution in [0.2, 0.25) is 0 Å². The molecule has 6 nitrogen and oxygen atoms in total. The molecule has 2 heterocycles. The number of hydrogen-bond acceptors (Lipinski definition) is 4. The van der Waals surface area contributed by atoms with Gasteiger partial charge in [0.25, 0.3) is 10.0 Å². The summed E-state index contributed by atoms with van der Waals surface area (Å²) in [4.78, 5) is 6.77. The second kappa shape index (κ2) is 6.02. The van der Waals surface area contributed by atoms with Gasteiger partial charge in [-0.2, -0.15) is 4.31 Å². The van der Waals surface area contributed by atoms with Gasteiger partial charge in [0.1, 0.15) is 5.82 Å². The molecule has 0 atom stereocenters. The lowest BCUT2D eigenvalue weighted by Gasteiger charge is -2.30. The third-order valence-corrected chi connectivity index (χ3v) is 5.48.